The molecule has 7 heteroatoms. The number of ether oxygens (including phenoxy) is 2. The Labute approximate surface area is 167 Å². The fourth-order valence-corrected chi connectivity index (χ4v) is 3.78. The molecule has 2 aliphatic heterocycles. The van der Waals surface area contributed by atoms with E-state index in [1.165, 1.54) is 0 Å². The first kappa shape index (κ1) is 17.5. The monoisotopic (exact) mass is 389 g/mol. The first-order valence-corrected chi connectivity index (χ1v) is 9.54. The van der Waals surface area contributed by atoms with Crippen LogP contribution >= 0.6 is 0 Å². The summed E-state index contributed by atoms with van der Waals surface area (Å²) in [6, 6.07) is 14.8. The van der Waals surface area contributed by atoms with E-state index in [-0.39, 0.29) is 18.2 Å². The third kappa shape index (κ3) is 3.24. The molecule has 0 saturated carbocycles. The molecule has 29 heavy (non-hydrogen) atoms. The van der Waals surface area contributed by atoms with Gasteiger partial charge in [-0.3, -0.25) is 14.6 Å². The van der Waals surface area contributed by atoms with E-state index in [0.717, 1.165) is 10.9 Å². The first-order valence-electron chi connectivity index (χ1n) is 9.54. The highest BCUT2D eigenvalue weighted by Gasteiger charge is 2.35. The Kier molecular flexibility index (Phi) is 4.27. The van der Waals surface area contributed by atoms with E-state index in [9.17, 15) is 9.59 Å². The van der Waals surface area contributed by atoms with Gasteiger partial charge in [-0.05, 0) is 36.4 Å². The van der Waals surface area contributed by atoms with Crippen molar-refractivity contribution in [2.45, 2.75) is 6.42 Å². The minimum absolute atomic E-state index is 0.0820. The third-order valence-electron chi connectivity index (χ3n) is 5.24. The SMILES string of the molecule is O=C(Nc1cccc2ncccc12)[C@@H]1CC(=O)N(c2ccc3c(c2)OCCO3)C1. The van der Waals surface area contributed by atoms with Crippen molar-refractivity contribution in [2.75, 3.05) is 30.0 Å². The van der Waals surface area contributed by atoms with Gasteiger partial charge >= 0.3 is 0 Å². The second-order valence-corrected chi connectivity index (χ2v) is 7.10. The Balaban J connectivity index is 1.34. The topological polar surface area (TPSA) is 80.8 Å². The summed E-state index contributed by atoms with van der Waals surface area (Å²) in [5.41, 5.74) is 2.22. The lowest BCUT2D eigenvalue weighted by Gasteiger charge is -2.22. The van der Waals surface area contributed by atoms with Gasteiger partial charge in [0.2, 0.25) is 11.8 Å². The molecule has 7 nitrogen and oxygen atoms in total. The van der Waals surface area contributed by atoms with E-state index in [2.05, 4.69) is 10.3 Å². The number of carbonyl (C=O) groups is 2. The number of hydrogen-bond acceptors (Lipinski definition) is 5. The summed E-state index contributed by atoms with van der Waals surface area (Å²) < 4.78 is 11.1. The number of nitrogens with one attached hydrogen (secondary N) is 1. The molecular weight excluding hydrogens is 370 g/mol. The number of rotatable bonds is 3. The fourth-order valence-electron chi connectivity index (χ4n) is 3.78. The number of pyridine rings is 1. The normalized spacial score (nSPS) is 18.1. The largest absolute Gasteiger partial charge is 0.486 e. The van der Waals surface area contributed by atoms with Gasteiger partial charge in [0.25, 0.3) is 0 Å². The maximum absolute atomic E-state index is 12.9. The second kappa shape index (κ2) is 7.09. The molecule has 0 unspecified atom stereocenters. The quantitative estimate of drug-likeness (QED) is 0.745. The molecule has 0 spiro atoms. The highest BCUT2D eigenvalue weighted by atomic mass is 16.6. The summed E-state index contributed by atoms with van der Waals surface area (Å²) in [4.78, 5) is 31.4. The van der Waals surface area contributed by atoms with Crippen molar-refractivity contribution >= 4 is 34.1 Å². The first-order chi connectivity index (χ1) is 14.2. The van der Waals surface area contributed by atoms with Crippen molar-refractivity contribution in [3.8, 4) is 11.5 Å². The fraction of sp³-hybridized carbons (Fsp3) is 0.227. The minimum Gasteiger partial charge on any atom is -0.486 e. The summed E-state index contributed by atoms with van der Waals surface area (Å²) in [5.74, 6) is 0.613. The summed E-state index contributed by atoms with van der Waals surface area (Å²) >= 11 is 0. The summed E-state index contributed by atoms with van der Waals surface area (Å²) in [5, 5.41) is 3.84. The number of aromatic nitrogens is 1. The lowest BCUT2D eigenvalue weighted by molar-refractivity contribution is -0.122. The molecule has 2 aliphatic rings. The lowest BCUT2D eigenvalue weighted by Crippen LogP contribution is -2.28. The zero-order valence-corrected chi connectivity index (χ0v) is 15.6. The smallest absolute Gasteiger partial charge is 0.229 e. The Morgan fingerprint density at radius 3 is 2.83 bits per heavy atom. The van der Waals surface area contributed by atoms with Crippen LogP contribution in [0.1, 0.15) is 6.42 Å². The van der Waals surface area contributed by atoms with Gasteiger partial charge in [0, 0.05) is 36.3 Å². The molecular formula is C22H19N3O4. The average Bonchev–Trinajstić information content (AvgIpc) is 3.15. The Bertz CT molecular complexity index is 1110. The van der Waals surface area contributed by atoms with E-state index in [4.69, 9.17) is 9.47 Å². The van der Waals surface area contributed by atoms with Crippen molar-refractivity contribution in [1.82, 2.24) is 4.98 Å². The van der Waals surface area contributed by atoms with Crippen LogP contribution in [0.2, 0.25) is 0 Å². The van der Waals surface area contributed by atoms with Crippen molar-refractivity contribution in [3.05, 3.63) is 54.7 Å². The minimum atomic E-state index is -0.428. The highest BCUT2D eigenvalue weighted by molar-refractivity contribution is 6.06. The molecule has 0 aliphatic carbocycles. The molecule has 0 radical (unpaired) electrons. The number of nitrogens with zero attached hydrogens (tertiary/aromatic N) is 2. The number of anilines is 2. The van der Waals surface area contributed by atoms with Crippen molar-refractivity contribution < 1.29 is 19.1 Å². The summed E-state index contributed by atoms with van der Waals surface area (Å²) in [7, 11) is 0. The van der Waals surface area contributed by atoms with Crippen LogP contribution in [0.4, 0.5) is 11.4 Å². The van der Waals surface area contributed by atoms with Gasteiger partial charge in [-0.25, -0.2) is 0 Å². The van der Waals surface area contributed by atoms with Crippen molar-refractivity contribution in [2.24, 2.45) is 5.92 Å². The Morgan fingerprint density at radius 2 is 1.93 bits per heavy atom. The van der Waals surface area contributed by atoms with Crippen molar-refractivity contribution in [3.63, 3.8) is 0 Å². The highest BCUT2D eigenvalue weighted by Crippen LogP contribution is 2.36. The van der Waals surface area contributed by atoms with Gasteiger partial charge < -0.3 is 19.7 Å². The number of benzene rings is 2. The van der Waals surface area contributed by atoms with Crippen LogP contribution in [0.25, 0.3) is 10.9 Å². The van der Waals surface area contributed by atoms with Gasteiger partial charge in [0.05, 0.1) is 17.1 Å². The van der Waals surface area contributed by atoms with E-state index < -0.39 is 5.92 Å². The maximum atomic E-state index is 12.9. The molecule has 5 rings (SSSR count). The van der Waals surface area contributed by atoms with Gasteiger partial charge in [-0.15, -0.1) is 0 Å². The number of carbonyl (C=O) groups excluding carboxylic acids is 2. The van der Waals surface area contributed by atoms with E-state index in [0.29, 0.717) is 42.6 Å². The Morgan fingerprint density at radius 1 is 1.07 bits per heavy atom. The van der Waals surface area contributed by atoms with Crippen LogP contribution in [0, 0.1) is 5.92 Å². The van der Waals surface area contributed by atoms with Crippen LogP contribution in [-0.2, 0) is 9.59 Å². The number of amides is 2. The molecule has 0 bridgehead atoms. The molecule has 2 amide bonds. The zero-order chi connectivity index (χ0) is 19.8. The molecule has 1 aromatic heterocycles. The lowest BCUT2D eigenvalue weighted by atomic mass is 10.1. The predicted octanol–water partition coefficient (Wildman–Crippen LogP) is 3.00. The molecule has 2 aromatic carbocycles. The van der Waals surface area contributed by atoms with E-state index in [1.54, 1.807) is 23.2 Å². The molecule has 1 fully saturated rings. The van der Waals surface area contributed by atoms with E-state index >= 15 is 0 Å². The number of hydrogen-bond donors (Lipinski definition) is 1. The molecule has 1 atom stereocenters. The molecule has 3 heterocycles. The molecule has 3 aromatic rings. The number of fused-ring (bicyclic) bond motifs is 2. The average molecular weight is 389 g/mol. The van der Waals surface area contributed by atoms with Crippen LogP contribution in [0.15, 0.2) is 54.7 Å². The summed E-state index contributed by atoms with van der Waals surface area (Å²) in [6.45, 7) is 1.32. The van der Waals surface area contributed by atoms with Gasteiger partial charge in [0.15, 0.2) is 11.5 Å². The van der Waals surface area contributed by atoms with Crippen LogP contribution in [0.5, 0.6) is 11.5 Å². The molecule has 1 saturated heterocycles. The van der Waals surface area contributed by atoms with Gasteiger partial charge in [-0.1, -0.05) is 6.07 Å². The van der Waals surface area contributed by atoms with E-state index in [1.807, 2.05) is 36.4 Å². The predicted molar refractivity (Wildman–Crippen MR) is 108 cm³/mol. The van der Waals surface area contributed by atoms with Crippen LogP contribution in [-0.4, -0.2) is 36.6 Å². The third-order valence-corrected chi connectivity index (χ3v) is 5.24. The summed E-state index contributed by atoms with van der Waals surface area (Å²) in [6.07, 6.45) is 1.89. The standard InChI is InChI=1S/C22H19N3O4/c26-21-11-14(13-25(21)15-6-7-19-20(12-15)29-10-9-28-19)22(27)24-18-5-1-4-17-16(18)3-2-8-23-17/h1-8,12,14H,9-11,13H2,(H,24,27)/t14-/m1/s1. The molecule has 1 N–H and O–H groups in total. The van der Waals surface area contributed by atoms with Crippen LogP contribution in [0.3, 0.4) is 0 Å². The van der Waals surface area contributed by atoms with Crippen molar-refractivity contribution in [1.29, 1.82) is 0 Å². The van der Waals surface area contributed by atoms with Crippen LogP contribution < -0.4 is 19.7 Å². The Hall–Kier alpha value is -3.61. The molecule has 146 valence electrons. The second-order valence-electron chi connectivity index (χ2n) is 7.10. The van der Waals surface area contributed by atoms with Gasteiger partial charge in [-0.2, -0.15) is 0 Å². The zero-order valence-electron chi connectivity index (χ0n) is 15.6. The van der Waals surface area contributed by atoms with Gasteiger partial charge in [0.1, 0.15) is 13.2 Å². The maximum Gasteiger partial charge on any atom is 0.229 e.